The van der Waals surface area contributed by atoms with Gasteiger partial charge < -0.3 is 14.8 Å². The number of rotatable bonds is 5. The van der Waals surface area contributed by atoms with Gasteiger partial charge in [-0.05, 0) is 12.1 Å². The first-order valence-corrected chi connectivity index (χ1v) is 5.75. The van der Waals surface area contributed by atoms with Crippen LogP contribution in [0.25, 0.3) is 5.53 Å². The molecule has 1 aromatic heterocycles. The van der Waals surface area contributed by atoms with Gasteiger partial charge in [0.1, 0.15) is 7.11 Å². The maximum Gasteiger partial charge on any atom is 0.395 e. The van der Waals surface area contributed by atoms with E-state index in [-0.39, 0.29) is 17.2 Å². The summed E-state index contributed by atoms with van der Waals surface area (Å²) in [4.78, 5) is 20.0. The van der Waals surface area contributed by atoms with Gasteiger partial charge in [0.15, 0.2) is 5.76 Å². The van der Waals surface area contributed by atoms with E-state index < -0.39 is 5.78 Å². The summed E-state index contributed by atoms with van der Waals surface area (Å²) in [5, 5.41) is 3.76. The molecule has 0 N–H and O–H groups in total. The molecule has 0 saturated carbocycles. The second-order valence-corrected chi connectivity index (χ2v) is 3.74. The largest absolute Gasteiger partial charge is 0.461 e. The standard InChI is InChI=1S/C14H11N3O3/c1-19-17-12(10-6-3-2-4-7-10)13(16-15)14(18)11-8-5-9-20-11/h2-9H,1H3/b17-12+. The van der Waals surface area contributed by atoms with Crippen LogP contribution in [0.4, 0.5) is 0 Å². The fraction of sp³-hybridized carbons (Fsp3) is 0.0714. The minimum atomic E-state index is -0.586. The normalized spacial score (nSPS) is 10.8. The lowest BCUT2D eigenvalue weighted by atomic mass is 10.0. The maximum atomic E-state index is 12.2. The average molecular weight is 269 g/mol. The van der Waals surface area contributed by atoms with Crippen molar-refractivity contribution in [2.75, 3.05) is 7.11 Å². The number of nitrogens with zero attached hydrogens (tertiary/aromatic N) is 3. The van der Waals surface area contributed by atoms with Gasteiger partial charge in [0.05, 0.1) is 6.26 Å². The summed E-state index contributed by atoms with van der Waals surface area (Å²) >= 11 is 0. The third kappa shape index (κ3) is 2.71. The van der Waals surface area contributed by atoms with Crippen LogP contribution in [0.3, 0.4) is 0 Å². The predicted molar refractivity (Wildman–Crippen MR) is 71.7 cm³/mol. The Bertz CT molecular complexity index is 669. The van der Waals surface area contributed by atoms with Gasteiger partial charge >= 0.3 is 11.5 Å². The zero-order chi connectivity index (χ0) is 14.4. The average Bonchev–Trinajstić information content (AvgIpc) is 3.02. The molecular weight excluding hydrogens is 258 g/mol. The van der Waals surface area contributed by atoms with Crippen molar-refractivity contribution >= 4 is 17.2 Å². The van der Waals surface area contributed by atoms with E-state index in [4.69, 9.17) is 14.8 Å². The number of Topliss-reactive ketones (excluding diaryl/α,β-unsaturated/α-hetero) is 1. The number of furan rings is 1. The molecular formula is C14H11N3O3. The van der Waals surface area contributed by atoms with Crippen LogP contribution < -0.4 is 0 Å². The molecule has 0 bridgehead atoms. The molecule has 100 valence electrons. The van der Waals surface area contributed by atoms with E-state index in [1.54, 1.807) is 30.3 Å². The fourth-order valence-corrected chi connectivity index (χ4v) is 1.64. The maximum absolute atomic E-state index is 12.2. The Labute approximate surface area is 114 Å². The lowest BCUT2D eigenvalue weighted by Gasteiger charge is -2.00. The molecule has 2 aromatic rings. The van der Waals surface area contributed by atoms with Gasteiger partial charge in [-0.2, -0.15) is 4.79 Å². The van der Waals surface area contributed by atoms with Gasteiger partial charge in [-0.25, -0.2) is 0 Å². The van der Waals surface area contributed by atoms with Crippen LogP contribution in [0.2, 0.25) is 0 Å². The molecule has 0 amide bonds. The summed E-state index contributed by atoms with van der Waals surface area (Å²) in [5.74, 6) is -0.533. The zero-order valence-corrected chi connectivity index (χ0v) is 10.7. The number of hydrogen-bond acceptors (Lipinski definition) is 4. The van der Waals surface area contributed by atoms with Crippen LogP contribution in [0, 0.1) is 0 Å². The monoisotopic (exact) mass is 269 g/mol. The molecule has 1 aromatic carbocycles. The third-order valence-electron chi connectivity index (χ3n) is 2.51. The van der Waals surface area contributed by atoms with Crippen LogP contribution >= 0.6 is 0 Å². The summed E-state index contributed by atoms with van der Waals surface area (Å²) in [6.45, 7) is 0. The van der Waals surface area contributed by atoms with Crippen molar-refractivity contribution in [1.29, 1.82) is 0 Å². The van der Waals surface area contributed by atoms with E-state index >= 15 is 0 Å². The van der Waals surface area contributed by atoms with Gasteiger partial charge in [0, 0.05) is 5.56 Å². The Balaban J connectivity index is 2.46. The lowest BCUT2D eigenvalue weighted by Crippen LogP contribution is -2.26. The molecule has 6 heteroatoms. The first-order chi connectivity index (χ1) is 9.77. The van der Waals surface area contributed by atoms with Crippen LogP contribution in [-0.2, 0) is 4.84 Å². The molecule has 0 unspecified atom stereocenters. The van der Waals surface area contributed by atoms with Gasteiger partial charge in [-0.1, -0.05) is 35.5 Å². The van der Waals surface area contributed by atoms with Crippen molar-refractivity contribution in [3.05, 3.63) is 65.6 Å². The summed E-state index contributed by atoms with van der Waals surface area (Å²) in [6, 6.07) is 11.8. The molecule has 0 spiro atoms. The van der Waals surface area contributed by atoms with E-state index in [1.807, 2.05) is 6.07 Å². The molecule has 1 heterocycles. The number of benzene rings is 1. The number of ketones is 1. The summed E-state index contributed by atoms with van der Waals surface area (Å²) < 4.78 is 5.00. The smallest absolute Gasteiger partial charge is 0.395 e. The first kappa shape index (κ1) is 13.5. The van der Waals surface area contributed by atoms with Crippen molar-refractivity contribution in [2.45, 2.75) is 0 Å². The molecule has 6 nitrogen and oxygen atoms in total. The molecule has 0 aliphatic carbocycles. The quantitative estimate of drug-likeness (QED) is 0.274. The van der Waals surface area contributed by atoms with Crippen molar-refractivity contribution in [2.24, 2.45) is 5.16 Å². The molecule has 0 aliphatic rings. The molecule has 0 fully saturated rings. The van der Waals surface area contributed by atoms with Crippen LogP contribution in [-0.4, -0.2) is 29.1 Å². The Hall–Kier alpha value is -2.98. The number of carbonyl (C=O) groups is 1. The van der Waals surface area contributed by atoms with Crippen LogP contribution in [0.5, 0.6) is 0 Å². The van der Waals surface area contributed by atoms with Crippen molar-refractivity contribution < 1.29 is 18.8 Å². The third-order valence-corrected chi connectivity index (χ3v) is 2.51. The minimum absolute atomic E-state index is 0.0533. The molecule has 0 radical (unpaired) electrons. The molecule has 0 atom stereocenters. The Morgan fingerprint density at radius 2 is 2.00 bits per heavy atom. The molecule has 20 heavy (non-hydrogen) atoms. The SMILES string of the molecule is CO/N=C(/C(=[N+]=[N-])C(=O)c1ccco1)c1ccccc1. The second kappa shape index (κ2) is 6.26. The topological polar surface area (TPSA) is 88.2 Å². The molecule has 2 rings (SSSR count). The number of carbonyl (C=O) groups excluding carboxylic acids is 1. The predicted octanol–water partition coefficient (Wildman–Crippen LogP) is 2.18. The zero-order valence-electron chi connectivity index (χ0n) is 10.7. The van der Waals surface area contributed by atoms with E-state index in [2.05, 4.69) is 9.95 Å². The van der Waals surface area contributed by atoms with E-state index in [9.17, 15) is 4.79 Å². The van der Waals surface area contributed by atoms with E-state index in [1.165, 1.54) is 19.4 Å². The van der Waals surface area contributed by atoms with E-state index in [0.29, 0.717) is 5.56 Å². The highest BCUT2D eigenvalue weighted by Gasteiger charge is 2.32. The first-order valence-electron chi connectivity index (χ1n) is 5.75. The molecule has 0 saturated heterocycles. The number of oxime groups is 1. The van der Waals surface area contributed by atoms with Crippen molar-refractivity contribution in [3.8, 4) is 0 Å². The highest BCUT2D eigenvalue weighted by Crippen LogP contribution is 2.08. The Kier molecular flexibility index (Phi) is 4.21. The Morgan fingerprint density at radius 1 is 1.25 bits per heavy atom. The summed E-state index contributed by atoms with van der Waals surface area (Å²) in [5.41, 5.74) is 9.59. The lowest BCUT2D eigenvalue weighted by molar-refractivity contribution is -0.00317. The molecule has 0 aliphatic heterocycles. The van der Waals surface area contributed by atoms with Gasteiger partial charge in [-0.15, -0.1) is 0 Å². The minimum Gasteiger partial charge on any atom is -0.461 e. The van der Waals surface area contributed by atoms with Crippen LogP contribution in [0.1, 0.15) is 16.1 Å². The summed E-state index contributed by atoms with van der Waals surface area (Å²) in [6.07, 6.45) is 1.36. The van der Waals surface area contributed by atoms with Gasteiger partial charge in [0.2, 0.25) is 5.71 Å². The Morgan fingerprint density at radius 3 is 2.55 bits per heavy atom. The highest BCUT2D eigenvalue weighted by molar-refractivity contribution is 6.70. The highest BCUT2D eigenvalue weighted by atomic mass is 16.6. The van der Waals surface area contributed by atoms with Gasteiger partial charge in [-0.3, -0.25) is 4.79 Å². The summed E-state index contributed by atoms with van der Waals surface area (Å²) in [7, 11) is 1.34. The van der Waals surface area contributed by atoms with Crippen LogP contribution in [0.15, 0.2) is 58.3 Å². The van der Waals surface area contributed by atoms with Crippen molar-refractivity contribution in [1.82, 2.24) is 0 Å². The van der Waals surface area contributed by atoms with Crippen molar-refractivity contribution in [3.63, 3.8) is 0 Å². The fourth-order valence-electron chi connectivity index (χ4n) is 1.64. The van der Waals surface area contributed by atoms with E-state index in [0.717, 1.165) is 0 Å². The van der Waals surface area contributed by atoms with Gasteiger partial charge in [0.25, 0.3) is 0 Å². The number of hydrogen-bond donors (Lipinski definition) is 0. The second-order valence-electron chi connectivity index (χ2n) is 3.74.